The Morgan fingerprint density at radius 1 is 1.16 bits per heavy atom. The van der Waals surface area contributed by atoms with E-state index in [1.54, 1.807) is 0 Å². The predicted octanol–water partition coefficient (Wildman–Crippen LogP) is 4.00. The molecule has 0 atom stereocenters. The molecule has 0 aliphatic carbocycles. The molecule has 3 heteroatoms. The maximum Gasteiger partial charge on any atom is 0.220 e. The zero-order valence-electron chi connectivity index (χ0n) is 13.3. The van der Waals surface area contributed by atoms with Gasteiger partial charge in [0.25, 0.3) is 0 Å². The number of nitrogens with zero attached hydrogens (tertiary/aromatic N) is 2. The summed E-state index contributed by atoms with van der Waals surface area (Å²) in [4.78, 5) is 9.50. The summed E-state index contributed by atoms with van der Waals surface area (Å²) in [5, 5.41) is 0. The fourth-order valence-electron chi connectivity index (χ4n) is 2.35. The molecule has 0 amide bonds. The van der Waals surface area contributed by atoms with Crippen LogP contribution in [0, 0.1) is 0 Å². The summed E-state index contributed by atoms with van der Waals surface area (Å²) in [5.74, 6) is 2.09. The standard InChI is InChI=1S/C16H26N2O/c1-10(2)12-11-8-9-16(6,7)19-13(11)18-14(17-12)15(3,4)5/h10H,8-9H2,1-7H3. The molecule has 0 saturated carbocycles. The highest BCUT2D eigenvalue weighted by atomic mass is 16.5. The Bertz CT molecular complexity index is 484. The molecule has 0 radical (unpaired) electrons. The summed E-state index contributed by atoms with van der Waals surface area (Å²) in [5.41, 5.74) is 2.20. The summed E-state index contributed by atoms with van der Waals surface area (Å²) < 4.78 is 6.09. The number of hydrogen-bond donors (Lipinski definition) is 0. The van der Waals surface area contributed by atoms with Gasteiger partial charge >= 0.3 is 0 Å². The summed E-state index contributed by atoms with van der Waals surface area (Å²) in [6, 6.07) is 0. The molecule has 1 aromatic rings. The second-order valence-electron chi connectivity index (χ2n) is 7.48. The molecular weight excluding hydrogens is 236 g/mol. The third-order valence-electron chi connectivity index (χ3n) is 3.57. The van der Waals surface area contributed by atoms with Gasteiger partial charge in [0.1, 0.15) is 11.4 Å². The molecule has 1 aromatic heterocycles. The van der Waals surface area contributed by atoms with Gasteiger partial charge in [0.2, 0.25) is 5.88 Å². The number of ether oxygens (including phenoxy) is 1. The van der Waals surface area contributed by atoms with Gasteiger partial charge < -0.3 is 4.74 Å². The molecule has 2 heterocycles. The first kappa shape index (κ1) is 14.3. The molecule has 0 unspecified atom stereocenters. The van der Waals surface area contributed by atoms with Crippen molar-refractivity contribution in [2.75, 3.05) is 0 Å². The number of hydrogen-bond acceptors (Lipinski definition) is 3. The van der Waals surface area contributed by atoms with E-state index in [1.165, 1.54) is 5.56 Å². The lowest BCUT2D eigenvalue weighted by molar-refractivity contribution is 0.0765. The number of rotatable bonds is 1. The van der Waals surface area contributed by atoms with Gasteiger partial charge in [0.05, 0.1) is 5.69 Å². The zero-order valence-corrected chi connectivity index (χ0v) is 13.3. The molecule has 1 aliphatic heterocycles. The van der Waals surface area contributed by atoms with E-state index in [4.69, 9.17) is 9.72 Å². The molecule has 0 spiro atoms. The molecule has 19 heavy (non-hydrogen) atoms. The molecule has 0 aromatic carbocycles. The van der Waals surface area contributed by atoms with Crippen LogP contribution in [0.4, 0.5) is 0 Å². The van der Waals surface area contributed by atoms with E-state index in [0.29, 0.717) is 5.92 Å². The average molecular weight is 262 g/mol. The Labute approximate surface area is 116 Å². The Balaban J connectivity index is 2.58. The lowest BCUT2D eigenvalue weighted by Crippen LogP contribution is -2.35. The molecule has 0 bridgehead atoms. The van der Waals surface area contributed by atoms with Crippen LogP contribution in [0.25, 0.3) is 0 Å². The van der Waals surface area contributed by atoms with Crippen molar-refractivity contribution < 1.29 is 4.74 Å². The van der Waals surface area contributed by atoms with E-state index in [0.717, 1.165) is 30.2 Å². The van der Waals surface area contributed by atoms with Gasteiger partial charge in [-0.1, -0.05) is 34.6 Å². The Morgan fingerprint density at radius 2 is 1.79 bits per heavy atom. The first-order valence-electron chi connectivity index (χ1n) is 7.20. The number of aromatic nitrogens is 2. The third-order valence-corrected chi connectivity index (χ3v) is 3.57. The lowest BCUT2D eigenvalue weighted by Gasteiger charge is -2.34. The quantitative estimate of drug-likeness (QED) is 0.767. The minimum Gasteiger partial charge on any atom is -0.471 e. The summed E-state index contributed by atoms with van der Waals surface area (Å²) in [7, 11) is 0. The van der Waals surface area contributed by atoms with Crippen LogP contribution in [0.2, 0.25) is 0 Å². The van der Waals surface area contributed by atoms with Crippen molar-refractivity contribution in [3.8, 4) is 5.88 Å². The lowest BCUT2D eigenvalue weighted by atomic mass is 9.90. The minimum atomic E-state index is -0.120. The van der Waals surface area contributed by atoms with Crippen molar-refractivity contribution in [3.05, 3.63) is 17.1 Å². The SMILES string of the molecule is CC(C)c1nc(C(C)(C)C)nc2c1CCC(C)(C)O2. The van der Waals surface area contributed by atoms with Crippen LogP contribution in [0.1, 0.15) is 77.9 Å². The summed E-state index contributed by atoms with van der Waals surface area (Å²) >= 11 is 0. The van der Waals surface area contributed by atoms with Crippen LogP contribution in [0.3, 0.4) is 0 Å². The molecule has 0 N–H and O–H groups in total. The van der Waals surface area contributed by atoms with Crippen LogP contribution in [0.5, 0.6) is 5.88 Å². The monoisotopic (exact) mass is 262 g/mol. The zero-order chi connectivity index (χ0) is 14.4. The van der Waals surface area contributed by atoms with Gasteiger partial charge in [-0.2, -0.15) is 4.98 Å². The topological polar surface area (TPSA) is 35.0 Å². The fraction of sp³-hybridized carbons (Fsp3) is 0.750. The van der Waals surface area contributed by atoms with Crippen molar-refractivity contribution in [1.29, 1.82) is 0 Å². The van der Waals surface area contributed by atoms with E-state index in [-0.39, 0.29) is 11.0 Å². The highest BCUT2D eigenvalue weighted by Crippen LogP contribution is 2.36. The van der Waals surface area contributed by atoms with Gasteiger partial charge in [-0.15, -0.1) is 0 Å². The van der Waals surface area contributed by atoms with Crippen molar-refractivity contribution >= 4 is 0 Å². The van der Waals surface area contributed by atoms with E-state index in [2.05, 4.69) is 53.5 Å². The van der Waals surface area contributed by atoms with E-state index in [9.17, 15) is 0 Å². The molecule has 3 nitrogen and oxygen atoms in total. The Morgan fingerprint density at radius 3 is 2.32 bits per heavy atom. The predicted molar refractivity (Wildman–Crippen MR) is 77.8 cm³/mol. The van der Waals surface area contributed by atoms with Crippen molar-refractivity contribution in [1.82, 2.24) is 9.97 Å². The molecular formula is C16H26N2O. The molecule has 0 saturated heterocycles. The second-order valence-corrected chi connectivity index (χ2v) is 7.48. The Hall–Kier alpha value is -1.12. The van der Waals surface area contributed by atoms with Crippen LogP contribution < -0.4 is 4.74 Å². The van der Waals surface area contributed by atoms with Crippen LogP contribution in [0.15, 0.2) is 0 Å². The normalized spacial score (nSPS) is 18.1. The number of fused-ring (bicyclic) bond motifs is 1. The van der Waals surface area contributed by atoms with Crippen molar-refractivity contribution in [2.45, 2.75) is 78.2 Å². The van der Waals surface area contributed by atoms with Crippen LogP contribution >= 0.6 is 0 Å². The fourth-order valence-corrected chi connectivity index (χ4v) is 2.35. The van der Waals surface area contributed by atoms with Crippen LogP contribution in [-0.2, 0) is 11.8 Å². The van der Waals surface area contributed by atoms with E-state index < -0.39 is 0 Å². The third kappa shape index (κ3) is 2.90. The first-order valence-corrected chi connectivity index (χ1v) is 7.20. The van der Waals surface area contributed by atoms with Gasteiger partial charge in [0.15, 0.2) is 0 Å². The highest BCUT2D eigenvalue weighted by molar-refractivity contribution is 5.36. The van der Waals surface area contributed by atoms with E-state index in [1.807, 2.05) is 0 Å². The summed E-state index contributed by atoms with van der Waals surface area (Å²) in [6.07, 6.45) is 2.04. The maximum atomic E-state index is 6.09. The van der Waals surface area contributed by atoms with Crippen molar-refractivity contribution in [2.24, 2.45) is 0 Å². The van der Waals surface area contributed by atoms with Crippen molar-refractivity contribution in [3.63, 3.8) is 0 Å². The van der Waals surface area contributed by atoms with Gasteiger partial charge in [-0.25, -0.2) is 4.98 Å². The molecule has 1 aliphatic rings. The Kier molecular flexibility index (Phi) is 3.36. The summed E-state index contributed by atoms with van der Waals surface area (Å²) in [6.45, 7) is 15.1. The molecule has 0 fully saturated rings. The van der Waals surface area contributed by atoms with E-state index >= 15 is 0 Å². The van der Waals surface area contributed by atoms with Gasteiger partial charge in [-0.05, 0) is 32.6 Å². The second kappa shape index (κ2) is 4.46. The first-order chi connectivity index (χ1) is 8.60. The molecule has 106 valence electrons. The molecule has 2 rings (SSSR count). The minimum absolute atomic E-state index is 0.0520. The average Bonchev–Trinajstić information content (AvgIpc) is 2.24. The highest BCUT2D eigenvalue weighted by Gasteiger charge is 2.32. The van der Waals surface area contributed by atoms with Gasteiger partial charge in [0, 0.05) is 11.0 Å². The smallest absolute Gasteiger partial charge is 0.220 e. The largest absolute Gasteiger partial charge is 0.471 e. The van der Waals surface area contributed by atoms with Gasteiger partial charge in [-0.3, -0.25) is 0 Å². The van der Waals surface area contributed by atoms with Crippen LogP contribution in [-0.4, -0.2) is 15.6 Å². The maximum absolute atomic E-state index is 6.09.